The Kier molecular flexibility index (Phi) is 8.83. The van der Waals surface area contributed by atoms with Gasteiger partial charge in [-0.25, -0.2) is 8.42 Å². The van der Waals surface area contributed by atoms with Crippen LogP contribution >= 0.6 is 23.2 Å². The van der Waals surface area contributed by atoms with Crippen LogP contribution in [-0.4, -0.2) is 35.3 Å². The molecule has 4 aromatic rings. The molecule has 0 aliphatic heterocycles. The zero-order valence-corrected chi connectivity index (χ0v) is 23.1. The number of carbonyl (C=O) groups is 1. The fourth-order valence-corrected chi connectivity index (χ4v) is 5.37. The molecule has 1 aromatic heterocycles. The number of sulfonamides is 1. The number of hydrogen-bond acceptors (Lipinski definition) is 6. The van der Waals surface area contributed by atoms with Gasteiger partial charge in [-0.2, -0.15) is 9.29 Å². The standard InChI is InChI=1S/C27H26Cl2N4O4S/c1-18(2)27-31-25(32-37-27)15-19-6-10-23(11-7-19)30-26(34)17-33(16-20-4-3-5-22(29)14-20)38(35,36)24-12-8-21(28)9-13-24/h3-14,18H,15-17H2,1-2H3,(H,30,34). The van der Waals surface area contributed by atoms with Gasteiger partial charge in [0, 0.05) is 34.6 Å². The van der Waals surface area contributed by atoms with Gasteiger partial charge in [0.05, 0.1) is 11.4 Å². The summed E-state index contributed by atoms with van der Waals surface area (Å²) >= 11 is 12.0. The van der Waals surface area contributed by atoms with E-state index in [9.17, 15) is 13.2 Å². The van der Waals surface area contributed by atoms with Crippen LogP contribution in [0.15, 0.2) is 82.2 Å². The Hall–Kier alpha value is -3.24. The van der Waals surface area contributed by atoms with Crippen molar-refractivity contribution >= 4 is 44.8 Å². The summed E-state index contributed by atoms with van der Waals surface area (Å²) in [6.07, 6.45) is 0.483. The molecule has 1 amide bonds. The van der Waals surface area contributed by atoms with Gasteiger partial charge in [-0.05, 0) is 59.7 Å². The predicted molar refractivity (Wildman–Crippen MR) is 147 cm³/mol. The Balaban J connectivity index is 1.47. The summed E-state index contributed by atoms with van der Waals surface area (Å²) in [5, 5.41) is 7.64. The number of anilines is 1. The smallest absolute Gasteiger partial charge is 0.243 e. The third kappa shape index (κ3) is 7.20. The molecule has 0 fully saturated rings. The van der Waals surface area contributed by atoms with E-state index in [0.717, 1.165) is 9.87 Å². The van der Waals surface area contributed by atoms with E-state index in [1.165, 1.54) is 24.3 Å². The Labute approximate surface area is 231 Å². The van der Waals surface area contributed by atoms with E-state index in [2.05, 4.69) is 15.5 Å². The van der Waals surface area contributed by atoms with Crippen molar-refractivity contribution < 1.29 is 17.7 Å². The van der Waals surface area contributed by atoms with Crippen molar-refractivity contribution in [1.82, 2.24) is 14.4 Å². The van der Waals surface area contributed by atoms with Gasteiger partial charge in [0.15, 0.2) is 5.82 Å². The number of nitrogens with one attached hydrogen (secondary N) is 1. The summed E-state index contributed by atoms with van der Waals surface area (Å²) in [6, 6.07) is 19.8. The third-order valence-electron chi connectivity index (χ3n) is 5.60. The highest BCUT2D eigenvalue weighted by atomic mass is 35.5. The molecule has 0 atom stereocenters. The SMILES string of the molecule is CC(C)c1nc(Cc2ccc(NC(=O)CN(Cc3cccc(Cl)c3)S(=O)(=O)c3ccc(Cl)cc3)cc2)no1. The average molecular weight is 574 g/mol. The van der Waals surface area contributed by atoms with E-state index >= 15 is 0 Å². The van der Waals surface area contributed by atoms with Crippen LogP contribution in [0.25, 0.3) is 0 Å². The molecule has 38 heavy (non-hydrogen) atoms. The fourth-order valence-electron chi connectivity index (χ4n) is 3.64. The molecule has 0 aliphatic carbocycles. The van der Waals surface area contributed by atoms with E-state index in [0.29, 0.717) is 39.4 Å². The second-order valence-corrected chi connectivity index (χ2v) is 11.8. The van der Waals surface area contributed by atoms with Gasteiger partial charge < -0.3 is 9.84 Å². The van der Waals surface area contributed by atoms with Crippen molar-refractivity contribution in [3.05, 3.63) is 106 Å². The number of carbonyl (C=O) groups excluding carboxylic acids is 1. The maximum atomic E-state index is 13.4. The summed E-state index contributed by atoms with van der Waals surface area (Å²) < 4.78 is 33.2. The Morgan fingerprint density at radius 1 is 0.974 bits per heavy atom. The van der Waals surface area contributed by atoms with Crippen LogP contribution in [0.1, 0.15) is 42.6 Å². The maximum absolute atomic E-state index is 13.4. The van der Waals surface area contributed by atoms with E-state index < -0.39 is 22.5 Å². The molecule has 0 aliphatic rings. The summed E-state index contributed by atoms with van der Waals surface area (Å²) in [5.41, 5.74) is 2.11. The minimum Gasteiger partial charge on any atom is -0.339 e. The number of amides is 1. The molecule has 11 heteroatoms. The summed E-state index contributed by atoms with van der Waals surface area (Å²) in [6.45, 7) is 3.51. The Bertz CT molecular complexity index is 1500. The van der Waals surface area contributed by atoms with Crippen LogP contribution in [0, 0.1) is 0 Å². The van der Waals surface area contributed by atoms with Gasteiger partial charge in [0.2, 0.25) is 21.8 Å². The molecular formula is C27H26Cl2N4O4S. The molecule has 198 valence electrons. The van der Waals surface area contributed by atoms with Gasteiger partial charge in [-0.3, -0.25) is 4.79 Å². The second-order valence-electron chi connectivity index (χ2n) is 8.98. The number of aromatic nitrogens is 2. The molecule has 1 heterocycles. The van der Waals surface area contributed by atoms with Gasteiger partial charge >= 0.3 is 0 Å². The van der Waals surface area contributed by atoms with E-state index in [1.807, 2.05) is 26.0 Å². The summed E-state index contributed by atoms with van der Waals surface area (Å²) in [4.78, 5) is 17.4. The zero-order valence-electron chi connectivity index (χ0n) is 20.8. The monoisotopic (exact) mass is 572 g/mol. The molecule has 3 aromatic carbocycles. The molecule has 8 nitrogen and oxygen atoms in total. The quantitative estimate of drug-likeness (QED) is 0.253. The minimum absolute atomic E-state index is 0.0307. The van der Waals surface area contributed by atoms with Gasteiger partial charge in [-0.15, -0.1) is 0 Å². The molecule has 0 unspecified atom stereocenters. The van der Waals surface area contributed by atoms with Crippen molar-refractivity contribution in [2.45, 2.75) is 37.6 Å². The summed E-state index contributed by atoms with van der Waals surface area (Å²) in [5.74, 6) is 0.821. The summed E-state index contributed by atoms with van der Waals surface area (Å²) in [7, 11) is -4.01. The second kappa shape index (κ2) is 12.1. The largest absolute Gasteiger partial charge is 0.339 e. The fraction of sp³-hybridized carbons (Fsp3) is 0.222. The molecule has 0 saturated heterocycles. The van der Waals surface area contributed by atoms with Crippen molar-refractivity contribution in [1.29, 1.82) is 0 Å². The zero-order chi connectivity index (χ0) is 27.3. The lowest BCUT2D eigenvalue weighted by Crippen LogP contribution is -2.37. The van der Waals surface area contributed by atoms with Crippen molar-refractivity contribution in [3.8, 4) is 0 Å². The van der Waals surface area contributed by atoms with Gasteiger partial charge in [0.1, 0.15) is 0 Å². The molecule has 0 spiro atoms. The van der Waals surface area contributed by atoms with Crippen LogP contribution < -0.4 is 5.32 Å². The lowest BCUT2D eigenvalue weighted by Gasteiger charge is -2.22. The van der Waals surface area contributed by atoms with Crippen LogP contribution in [0.3, 0.4) is 0 Å². The topological polar surface area (TPSA) is 105 Å². The normalized spacial score (nSPS) is 11.7. The highest BCUT2D eigenvalue weighted by molar-refractivity contribution is 7.89. The number of rotatable bonds is 10. The molecule has 0 radical (unpaired) electrons. The number of benzene rings is 3. The lowest BCUT2D eigenvalue weighted by atomic mass is 10.1. The van der Waals surface area contributed by atoms with Gasteiger partial charge in [-0.1, -0.05) is 66.5 Å². The van der Waals surface area contributed by atoms with Crippen LogP contribution in [-0.2, 0) is 27.8 Å². The highest BCUT2D eigenvalue weighted by Crippen LogP contribution is 2.22. The number of hydrogen-bond donors (Lipinski definition) is 1. The molecule has 1 N–H and O–H groups in total. The first-order valence-electron chi connectivity index (χ1n) is 11.8. The third-order valence-corrected chi connectivity index (χ3v) is 7.89. The van der Waals surface area contributed by atoms with E-state index in [-0.39, 0.29) is 17.4 Å². The molecule has 0 bridgehead atoms. The molecule has 0 saturated carbocycles. The van der Waals surface area contributed by atoms with Crippen molar-refractivity contribution in [3.63, 3.8) is 0 Å². The number of halogens is 2. The van der Waals surface area contributed by atoms with E-state index in [4.69, 9.17) is 27.7 Å². The van der Waals surface area contributed by atoms with Crippen LogP contribution in [0.4, 0.5) is 5.69 Å². The first kappa shape index (κ1) is 27.8. The molecule has 4 rings (SSSR count). The minimum atomic E-state index is -4.01. The Morgan fingerprint density at radius 3 is 2.32 bits per heavy atom. The predicted octanol–water partition coefficient (Wildman–Crippen LogP) is 5.92. The average Bonchev–Trinajstić information content (AvgIpc) is 3.34. The first-order valence-corrected chi connectivity index (χ1v) is 14.0. The van der Waals surface area contributed by atoms with Gasteiger partial charge in [0.25, 0.3) is 0 Å². The lowest BCUT2D eigenvalue weighted by molar-refractivity contribution is -0.116. The van der Waals surface area contributed by atoms with Crippen LogP contribution in [0.2, 0.25) is 10.0 Å². The van der Waals surface area contributed by atoms with Crippen LogP contribution in [0.5, 0.6) is 0 Å². The van der Waals surface area contributed by atoms with Crippen molar-refractivity contribution in [2.24, 2.45) is 0 Å². The number of nitrogens with zero attached hydrogens (tertiary/aromatic N) is 3. The molecular weight excluding hydrogens is 547 g/mol. The maximum Gasteiger partial charge on any atom is 0.243 e. The highest BCUT2D eigenvalue weighted by Gasteiger charge is 2.27. The van der Waals surface area contributed by atoms with E-state index in [1.54, 1.807) is 36.4 Å². The van der Waals surface area contributed by atoms with Crippen molar-refractivity contribution in [2.75, 3.05) is 11.9 Å². The Morgan fingerprint density at radius 2 is 1.68 bits per heavy atom. The first-order chi connectivity index (χ1) is 18.1.